The number of nitrogen functional groups attached to an aromatic ring is 1. The fourth-order valence-electron chi connectivity index (χ4n) is 1.01. The third-order valence-electron chi connectivity index (χ3n) is 1.72. The minimum Gasteiger partial charge on any atom is -0.397 e. The Labute approximate surface area is 80.1 Å². The van der Waals surface area contributed by atoms with Crippen molar-refractivity contribution in [3.05, 3.63) is 28.5 Å². The second kappa shape index (κ2) is 3.91. The summed E-state index contributed by atoms with van der Waals surface area (Å²) in [6, 6.07) is 1.57. The maximum Gasteiger partial charge on any atom is 0.125 e. The SMILES string of the molecule is Nc1c(Cl)cc(F)cc1[C@@H](N)CO. The van der Waals surface area contributed by atoms with Crippen molar-refractivity contribution in [1.29, 1.82) is 0 Å². The van der Waals surface area contributed by atoms with Gasteiger partial charge in [0, 0.05) is 0 Å². The zero-order valence-corrected chi connectivity index (χ0v) is 7.55. The summed E-state index contributed by atoms with van der Waals surface area (Å²) in [6.07, 6.45) is 0. The van der Waals surface area contributed by atoms with E-state index in [1.54, 1.807) is 0 Å². The summed E-state index contributed by atoms with van der Waals surface area (Å²) >= 11 is 5.62. The van der Waals surface area contributed by atoms with E-state index in [0.29, 0.717) is 5.56 Å². The van der Waals surface area contributed by atoms with E-state index < -0.39 is 11.9 Å². The number of aliphatic hydroxyl groups is 1. The van der Waals surface area contributed by atoms with E-state index in [1.165, 1.54) is 6.07 Å². The lowest BCUT2D eigenvalue weighted by Crippen LogP contribution is -2.16. The number of hydrogen-bond donors (Lipinski definition) is 3. The molecule has 1 aromatic carbocycles. The van der Waals surface area contributed by atoms with E-state index in [1.807, 2.05) is 0 Å². The molecule has 0 unspecified atom stereocenters. The van der Waals surface area contributed by atoms with Crippen LogP contribution in [0.1, 0.15) is 11.6 Å². The normalized spacial score (nSPS) is 12.9. The standard InChI is InChI=1S/C8H10ClFN2O/c9-6-2-4(10)1-5(8(6)12)7(11)3-13/h1-2,7,13H,3,11-12H2/t7-/m0/s1. The molecule has 72 valence electrons. The van der Waals surface area contributed by atoms with Gasteiger partial charge in [-0.05, 0) is 17.7 Å². The summed E-state index contributed by atoms with van der Waals surface area (Å²) in [7, 11) is 0. The minimum atomic E-state index is -0.701. The Bertz CT molecular complexity index is 319. The first-order chi connectivity index (χ1) is 6.06. The quantitative estimate of drug-likeness (QED) is 0.631. The highest BCUT2D eigenvalue weighted by molar-refractivity contribution is 6.33. The van der Waals surface area contributed by atoms with Gasteiger partial charge in [-0.3, -0.25) is 0 Å². The molecular formula is C8H10ClFN2O. The Balaban J connectivity index is 3.20. The van der Waals surface area contributed by atoms with Crippen LogP contribution in [0.5, 0.6) is 0 Å². The van der Waals surface area contributed by atoms with Crippen LogP contribution in [0.3, 0.4) is 0 Å². The van der Waals surface area contributed by atoms with Crippen molar-refractivity contribution in [2.75, 3.05) is 12.3 Å². The monoisotopic (exact) mass is 204 g/mol. The van der Waals surface area contributed by atoms with Crippen molar-refractivity contribution in [3.63, 3.8) is 0 Å². The Kier molecular flexibility index (Phi) is 3.08. The molecule has 5 heteroatoms. The van der Waals surface area contributed by atoms with Crippen LogP contribution in [0.2, 0.25) is 5.02 Å². The van der Waals surface area contributed by atoms with Crippen molar-refractivity contribution in [3.8, 4) is 0 Å². The van der Waals surface area contributed by atoms with Crippen molar-refractivity contribution in [1.82, 2.24) is 0 Å². The minimum absolute atomic E-state index is 0.110. The molecule has 0 bridgehead atoms. The Hall–Kier alpha value is -0.840. The number of nitrogens with two attached hydrogens (primary N) is 2. The van der Waals surface area contributed by atoms with Gasteiger partial charge >= 0.3 is 0 Å². The average molecular weight is 205 g/mol. The summed E-state index contributed by atoms with van der Waals surface area (Å²) in [5.41, 5.74) is 11.6. The predicted octanol–water partition coefficient (Wildman–Crippen LogP) is 1.05. The van der Waals surface area contributed by atoms with E-state index in [0.717, 1.165) is 6.07 Å². The molecule has 1 aromatic rings. The molecule has 0 saturated heterocycles. The molecule has 0 amide bonds. The van der Waals surface area contributed by atoms with Gasteiger partial charge in [0.2, 0.25) is 0 Å². The van der Waals surface area contributed by atoms with Crippen LogP contribution >= 0.6 is 11.6 Å². The number of rotatable bonds is 2. The maximum absolute atomic E-state index is 12.8. The van der Waals surface area contributed by atoms with Gasteiger partial charge in [0.15, 0.2) is 0 Å². The molecule has 5 N–H and O–H groups in total. The van der Waals surface area contributed by atoms with Crippen LogP contribution in [-0.4, -0.2) is 11.7 Å². The first-order valence-corrected chi connectivity index (χ1v) is 4.05. The molecule has 0 fully saturated rings. The third kappa shape index (κ3) is 2.09. The van der Waals surface area contributed by atoms with Gasteiger partial charge in [-0.2, -0.15) is 0 Å². The van der Waals surface area contributed by atoms with Crippen LogP contribution in [-0.2, 0) is 0 Å². The molecule has 3 nitrogen and oxygen atoms in total. The lowest BCUT2D eigenvalue weighted by molar-refractivity contribution is 0.268. The number of halogens is 2. The highest BCUT2D eigenvalue weighted by Gasteiger charge is 2.12. The van der Waals surface area contributed by atoms with Crippen molar-refractivity contribution in [2.45, 2.75) is 6.04 Å². The Morgan fingerprint density at radius 1 is 1.54 bits per heavy atom. The smallest absolute Gasteiger partial charge is 0.125 e. The van der Waals surface area contributed by atoms with E-state index in [4.69, 9.17) is 28.2 Å². The largest absolute Gasteiger partial charge is 0.397 e. The Morgan fingerprint density at radius 3 is 2.69 bits per heavy atom. The molecule has 0 aliphatic rings. The summed E-state index contributed by atoms with van der Waals surface area (Å²) in [6.45, 7) is -0.302. The Morgan fingerprint density at radius 2 is 2.15 bits per heavy atom. The van der Waals surface area contributed by atoms with E-state index in [9.17, 15) is 4.39 Å². The van der Waals surface area contributed by atoms with Gasteiger partial charge < -0.3 is 16.6 Å². The van der Waals surface area contributed by atoms with Gasteiger partial charge in [-0.25, -0.2) is 4.39 Å². The molecule has 0 spiro atoms. The highest BCUT2D eigenvalue weighted by Crippen LogP contribution is 2.27. The van der Waals surface area contributed by atoms with Crippen molar-refractivity contribution < 1.29 is 9.50 Å². The van der Waals surface area contributed by atoms with Crippen molar-refractivity contribution >= 4 is 17.3 Å². The zero-order valence-electron chi connectivity index (χ0n) is 6.80. The van der Waals surface area contributed by atoms with Gasteiger partial charge in [-0.15, -0.1) is 0 Å². The van der Waals surface area contributed by atoms with Crippen LogP contribution < -0.4 is 11.5 Å². The summed E-state index contributed by atoms with van der Waals surface area (Å²) < 4.78 is 12.8. The first-order valence-electron chi connectivity index (χ1n) is 3.67. The van der Waals surface area contributed by atoms with Gasteiger partial charge in [0.05, 0.1) is 23.4 Å². The van der Waals surface area contributed by atoms with Crippen molar-refractivity contribution in [2.24, 2.45) is 5.73 Å². The molecule has 0 aliphatic carbocycles. The van der Waals surface area contributed by atoms with Gasteiger partial charge in [0.1, 0.15) is 5.82 Å². The first kappa shape index (κ1) is 10.2. The molecule has 0 heterocycles. The summed E-state index contributed by atoms with van der Waals surface area (Å²) in [5, 5.41) is 8.86. The third-order valence-corrected chi connectivity index (χ3v) is 2.04. The molecule has 13 heavy (non-hydrogen) atoms. The number of aliphatic hydroxyl groups excluding tert-OH is 1. The average Bonchev–Trinajstić information content (AvgIpc) is 2.10. The molecule has 0 aliphatic heterocycles. The van der Waals surface area contributed by atoms with Crippen LogP contribution in [0, 0.1) is 5.82 Å². The van der Waals surface area contributed by atoms with Crippen LogP contribution in [0.15, 0.2) is 12.1 Å². The topological polar surface area (TPSA) is 72.3 Å². The molecule has 0 saturated carbocycles. The summed E-state index contributed by atoms with van der Waals surface area (Å²) in [5.74, 6) is -0.516. The van der Waals surface area contributed by atoms with E-state index in [2.05, 4.69) is 0 Å². The van der Waals surface area contributed by atoms with Gasteiger partial charge in [-0.1, -0.05) is 11.6 Å². The number of benzene rings is 1. The van der Waals surface area contributed by atoms with E-state index >= 15 is 0 Å². The lowest BCUT2D eigenvalue weighted by Gasteiger charge is -2.12. The van der Waals surface area contributed by atoms with Gasteiger partial charge in [0.25, 0.3) is 0 Å². The molecule has 0 aromatic heterocycles. The molecule has 1 rings (SSSR count). The van der Waals surface area contributed by atoms with Crippen LogP contribution in [0.4, 0.5) is 10.1 Å². The second-order valence-electron chi connectivity index (χ2n) is 2.68. The molecule has 0 radical (unpaired) electrons. The predicted molar refractivity (Wildman–Crippen MR) is 49.8 cm³/mol. The van der Waals surface area contributed by atoms with E-state index in [-0.39, 0.29) is 17.3 Å². The maximum atomic E-state index is 12.8. The molecular weight excluding hydrogens is 195 g/mol. The zero-order chi connectivity index (χ0) is 10.0. The number of hydrogen-bond acceptors (Lipinski definition) is 3. The molecule has 1 atom stereocenters. The second-order valence-corrected chi connectivity index (χ2v) is 3.09. The summed E-state index contributed by atoms with van der Waals surface area (Å²) in [4.78, 5) is 0. The van der Waals surface area contributed by atoms with Crippen LogP contribution in [0.25, 0.3) is 0 Å². The lowest BCUT2D eigenvalue weighted by atomic mass is 10.1. The fourth-order valence-corrected chi connectivity index (χ4v) is 1.22. The highest BCUT2D eigenvalue weighted by atomic mass is 35.5. The number of anilines is 1. The fraction of sp³-hybridized carbons (Fsp3) is 0.250.